The first-order chi connectivity index (χ1) is 8.97. The molecule has 0 aliphatic rings. The zero-order chi connectivity index (χ0) is 14.0. The molecule has 0 bridgehead atoms. The summed E-state index contributed by atoms with van der Waals surface area (Å²) in [4.78, 5) is 5.85. The summed E-state index contributed by atoms with van der Waals surface area (Å²) >= 11 is 5.30. The van der Waals surface area contributed by atoms with Crippen LogP contribution in [0.25, 0.3) is 10.6 Å². The summed E-state index contributed by atoms with van der Waals surface area (Å²) in [5.74, 6) is 1.42. The molecule has 0 N–H and O–H groups in total. The van der Waals surface area contributed by atoms with E-state index in [1.54, 1.807) is 11.3 Å². The smallest absolute Gasteiger partial charge is 0.133 e. The second kappa shape index (κ2) is 6.06. The van der Waals surface area contributed by atoms with Gasteiger partial charge in [0.05, 0.1) is 16.8 Å². The lowest BCUT2D eigenvalue weighted by molar-refractivity contribution is 0.269. The summed E-state index contributed by atoms with van der Waals surface area (Å²) in [6.07, 6.45) is 0. The van der Waals surface area contributed by atoms with Crippen LogP contribution < -0.4 is 4.74 Å². The van der Waals surface area contributed by atoms with Gasteiger partial charge in [0.25, 0.3) is 0 Å². The lowest BCUT2D eigenvalue weighted by Crippen LogP contribution is -2.04. The highest BCUT2D eigenvalue weighted by Gasteiger charge is 2.09. The van der Waals surface area contributed by atoms with Gasteiger partial charge in [-0.2, -0.15) is 0 Å². The Hall–Kier alpha value is -0.870. The minimum atomic E-state index is 0.524. The second-order valence-corrected chi connectivity index (χ2v) is 7.07. The van der Waals surface area contributed by atoms with E-state index in [-0.39, 0.29) is 0 Å². The van der Waals surface area contributed by atoms with Crippen LogP contribution in [0.5, 0.6) is 5.75 Å². The van der Waals surface area contributed by atoms with E-state index in [0.717, 1.165) is 33.1 Å². The third kappa shape index (κ3) is 3.57. The number of ether oxygens (including phenoxy) is 1. The molecular weight excluding hydrogens is 322 g/mol. The van der Waals surface area contributed by atoms with Gasteiger partial charge in [-0.05, 0) is 53.9 Å². The fourth-order valence-electron chi connectivity index (χ4n) is 1.60. The van der Waals surface area contributed by atoms with Crippen molar-refractivity contribution in [2.75, 3.05) is 6.61 Å². The van der Waals surface area contributed by atoms with E-state index in [2.05, 4.69) is 53.8 Å². The normalized spacial score (nSPS) is 11.1. The summed E-state index contributed by atoms with van der Waals surface area (Å²) in [5, 5.41) is 1.06. The Bertz CT molecular complexity index is 558. The van der Waals surface area contributed by atoms with Crippen molar-refractivity contribution in [2.24, 2.45) is 5.92 Å². The predicted octanol–water partition coefficient (Wildman–Crippen LogP) is 5.22. The Labute approximate surface area is 127 Å². The van der Waals surface area contributed by atoms with Crippen LogP contribution in [0.15, 0.2) is 22.7 Å². The van der Waals surface area contributed by atoms with Gasteiger partial charge in [-0.3, -0.25) is 0 Å². The predicted molar refractivity (Wildman–Crippen MR) is 85.1 cm³/mol. The largest absolute Gasteiger partial charge is 0.492 e. The average molecular weight is 340 g/mol. The molecule has 0 saturated carbocycles. The van der Waals surface area contributed by atoms with E-state index in [1.807, 2.05) is 13.0 Å². The van der Waals surface area contributed by atoms with Crippen molar-refractivity contribution in [2.45, 2.75) is 27.7 Å². The number of rotatable bonds is 4. The minimum absolute atomic E-state index is 0.524. The monoisotopic (exact) mass is 339 g/mol. The molecule has 0 atom stereocenters. The summed E-state index contributed by atoms with van der Waals surface area (Å²) in [7, 11) is 0. The number of benzene rings is 1. The zero-order valence-electron chi connectivity index (χ0n) is 11.7. The van der Waals surface area contributed by atoms with Crippen LogP contribution in [-0.4, -0.2) is 11.6 Å². The third-order valence-corrected chi connectivity index (χ3v) is 4.52. The third-order valence-electron chi connectivity index (χ3n) is 2.78. The van der Waals surface area contributed by atoms with Crippen molar-refractivity contribution >= 4 is 27.3 Å². The maximum absolute atomic E-state index is 5.75. The van der Waals surface area contributed by atoms with Crippen LogP contribution >= 0.6 is 27.3 Å². The Morgan fingerprint density at radius 1 is 1.32 bits per heavy atom. The zero-order valence-corrected chi connectivity index (χ0v) is 14.1. The Kier molecular flexibility index (Phi) is 4.63. The summed E-state index contributed by atoms with van der Waals surface area (Å²) < 4.78 is 6.74. The van der Waals surface area contributed by atoms with Gasteiger partial charge >= 0.3 is 0 Å². The first kappa shape index (κ1) is 14.5. The SMILES string of the molecule is Cc1nc(-c2ccc(OCC(C)C)c(Br)c2)sc1C. The summed E-state index contributed by atoms with van der Waals surface area (Å²) in [5.41, 5.74) is 2.24. The highest BCUT2D eigenvalue weighted by atomic mass is 79.9. The van der Waals surface area contributed by atoms with Crippen molar-refractivity contribution < 1.29 is 4.74 Å². The molecule has 0 unspecified atom stereocenters. The molecule has 1 aromatic carbocycles. The van der Waals surface area contributed by atoms with Crippen molar-refractivity contribution in [1.29, 1.82) is 0 Å². The fraction of sp³-hybridized carbons (Fsp3) is 0.400. The number of aryl methyl sites for hydroxylation is 2. The van der Waals surface area contributed by atoms with Crippen LogP contribution in [0.2, 0.25) is 0 Å². The lowest BCUT2D eigenvalue weighted by atomic mass is 10.2. The maximum atomic E-state index is 5.75. The number of thiazole rings is 1. The topological polar surface area (TPSA) is 22.1 Å². The molecule has 0 amide bonds. The summed E-state index contributed by atoms with van der Waals surface area (Å²) in [6, 6.07) is 6.15. The van der Waals surface area contributed by atoms with Crippen LogP contribution in [-0.2, 0) is 0 Å². The van der Waals surface area contributed by atoms with E-state index in [9.17, 15) is 0 Å². The number of hydrogen-bond acceptors (Lipinski definition) is 3. The van der Waals surface area contributed by atoms with Crippen molar-refractivity contribution in [3.8, 4) is 16.3 Å². The molecule has 0 spiro atoms. The van der Waals surface area contributed by atoms with Crippen LogP contribution in [0, 0.1) is 19.8 Å². The number of hydrogen-bond donors (Lipinski definition) is 0. The average Bonchev–Trinajstić information content (AvgIpc) is 2.68. The van der Waals surface area contributed by atoms with Gasteiger partial charge in [-0.1, -0.05) is 13.8 Å². The quantitative estimate of drug-likeness (QED) is 0.761. The van der Waals surface area contributed by atoms with Crippen molar-refractivity contribution in [1.82, 2.24) is 4.98 Å². The van der Waals surface area contributed by atoms with Gasteiger partial charge < -0.3 is 4.74 Å². The molecule has 2 aromatic rings. The molecule has 2 rings (SSSR count). The van der Waals surface area contributed by atoms with Crippen LogP contribution in [0.1, 0.15) is 24.4 Å². The number of aromatic nitrogens is 1. The van der Waals surface area contributed by atoms with Crippen LogP contribution in [0.4, 0.5) is 0 Å². The van der Waals surface area contributed by atoms with Gasteiger partial charge in [-0.15, -0.1) is 11.3 Å². The molecule has 19 heavy (non-hydrogen) atoms. The number of nitrogens with zero attached hydrogens (tertiary/aromatic N) is 1. The molecule has 4 heteroatoms. The van der Waals surface area contributed by atoms with Crippen molar-refractivity contribution in [3.05, 3.63) is 33.2 Å². The first-order valence-electron chi connectivity index (χ1n) is 6.34. The van der Waals surface area contributed by atoms with Crippen LogP contribution in [0.3, 0.4) is 0 Å². The molecule has 0 radical (unpaired) electrons. The van der Waals surface area contributed by atoms with E-state index >= 15 is 0 Å². The van der Waals surface area contributed by atoms with E-state index in [1.165, 1.54) is 4.88 Å². The standard InChI is InChI=1S/C15H18BrNOS/c1-9(2)8-18-14-6-5-12(7-13(14)16)15-17-10(3)11(4)19-15/h5-7,9H,8H2,1-4H3. The molecule has 2 nitrogen and oxygen atoms in total. The highest BCUT2D eigenvalue weighted by Crippen LogP contribution is 2.33. The fourth-order valence-corrected chi connectivity index (χ4v) is 3.01. The number of halogens is 1. The molecular formula is C15H18BrNOS. The van der Waals surface area contributed by atoms with E-state index in [4.69, 9.17) is 4.74 Å². The molecule has 0 fully saturated rings. The Morgan fingerprint density at radius 2 is 2.05 bits per heavy atom. The second-order valence-electron chi connectivity index (χ2n) is 5.01. The first-order valence-corrected chi connectivity index (χ1v) is 7.95. The molecule has 0 saturated heterocycles. The van der Waals surface area contributed by atoms with E-state index < -0.39 is 0 Å². The highest BCUT2D eigenvalue weighted by molar-refractivity contribution is 9.10. The summed E-state index contributed by atoms with van der Waals surface area (Å²) in [6.45, 7) is 9.16. The maximum Gasteiger partial charge on any atom is 0.133 e. The molecule has 1 aromatic heterocycles. The molecule has 0 aliphatic heterocycles. The van der Waals surface area contributed by atoms with Gasteiger partial charge in [0.15, 0.2) is 0 Å². The van der Waals surface area contributed by atoms with Gasteiger partial charge in [0.2, 0.25) is 0 Å². The van der Waals surface area contributed by atoms with Gasteiger partial charge in [-0.25, -0.2) is 4.98 Å². The van der Waals surface area contributed by atoms with Crippen molar-refractivity contribution in [3.63, 3.8) is 0 Å². The minimum Gasteiger partial charge on any atom is -0.492 e. The molecule has 102 valence electrons. The van der Waals surface area contributed by atoms with Gasteiger partial charge in [0.1, 0.15) is 10.8 Å². The van der Waals surface area contributed by atoms with Gasteiger partial charge in [0, 0.05) is 10.4 Å². The Morgan fingerprint density at radius 3 is 2.58 bits per heavy atom. The lowest BCUT2D eigenvalue weighted by Gasteiger charge is -2.10. The molecule has 1 heterocycles. The van der Waals surface area contributed by atoms with E-state index in [0.29, 0.717) is 5.92 Å². The Balaban J connectivity index is 2.23. The molecule has 0 aliphatic carbocycles.